The van der Waals surface area contributed by atoms with Gasteiger partial charge in [0.05, 0.1) is 6.54 Å². The van der Waals surface area contributed by atoms with Crippen molar-refractivity contribution in [3.63, 3.8) is 0 Å². The van der Waals surface area contributed by atoms with E-state index in [1.54, 1.807) is 0 Å². The number of nitrogens with one attached hydrogen (secondary N) is 2. The lowest BCUT2D eigenvalue weighted by atomic mass is 9.84. The van der Waals surface area contributed by atoms with Crippen LogP contribution in [0.25, 0.3) is 0 Å². The van der Waals surface area contributed by atoms with Crippen molar-refractivity contribution in [1.82, 2.24) is 25.3 Å². The Labute approximate surface area is 212 Å². The van der Waals surface area contributed by atoms with Crippen molar-refractivity contribution in [2.45, 2.75) is 64.3 Å². The third-order valence-electron chi connectivity index (χ3n) is 7.77. The van der Waals surface area contributed by atoms with Crippen LogP contribution in [-0.2, 0) is 4.79 Å². The Balaban J connectivity index is 0.00000289. The molecule has 2 aliphatic carbocycles. The molecule has 4 rings (SSSR count). The van der Waals surface area contributed by atoms with Crippen LogP contribution in [0.2, 0.25) is 0 Å². The molecule has 2 N–H and O–H groups in total. The standard InChI is InChI=1S/C24H44N6O.HI/c1-2-25-24(27-22-10-12-29(19-22)18-20-6-3-4-7-20)26-11-13-28-14-16-30(17-15-28)23(31)21-8-5-9-21;/h20-22H,2-19H2,1H3,(H2,25,26,27);1H. The molecule has 4 fully saturated rings. The number of aliphatic imine (C=N–C) groups is 1. The average Bonchev–Trinajstić information content (AvgIpc) is 3.40. The van der Waals surface area contributed by atoms with E-state index in [0.29, 0.717) is 17.9 Å². The summed E-state index contributed by atoms with van der Waals surface area (Å²) < 4.78 is 0. The van der Waals surface area contributed by atoms with E-state index in [1.807, 2.05) is 0 Å². The number of hydrogen-bond acceptors (Lipinski definition) is 4. The molecule has 8 heteroatoms. The lowest BCUT2D eigenvalue weighted by molar-refractivity contribution is -0.139. The first-order valence-corrected chi connectivity index (χ1v) is 13.0. The maximum absolute atomic E-state index is 12.4. The predicted octanol–water partition coefficient (Wildman–Crippen LogP) is 2.37. The molecule has 1 amide bonds. The quantitative estimate of drug-likeness (QED) is 0.271. The minimum absolute atomic E-state index is 0. The second-order valence-electron chi connectivity index (χ2n) is 10.1. The number of hydrogen-bond donors (Lipinski definition) is 2. The van der Waals surface area contributed by atoms with Gasteiger partial charge in [-0.15, -0.1) is 24.0 Å². The number of nitrogens with zero attached hydrogens (tertiary/aromatic N) is 4. The first-order chi connectivity index (χ1) is 15.2. The van der Waals surface area contributed by atoms with Crippen molar-refractivity contribution < 1.29 is 4.79 Å². The first kappa shape index (κ1) is 26.0. The number of carbonyl (C=O) groups excluding carboxylic acids is 1. The normalized spacial score (nSPS) is 26.1. The summed E-state index contributed by atoms with van der Waals surface area (Å²) in [6.45, 7) is 12.2. The lowest BCUT2D eigenvalue weighted by Crippen LogP contribution is -2.51. The number of carbonyl (C=O) groups is 1. The van der Waals surface area contributed by atoms with E-state index in [2.05, 4.69) is 32.3 Å². The van der Waals surface area contributed by atoms with Gasteiger partial charge in [-0.25, -0.2) is 0 Å². The molecule has 2 saturated heterocycles. The Bertz CT molecular complexity index is 599. The highest BCUT2D eigenvalue weighted by Crippen LogP contribution is 2.28. The molecule has 0 aromatic rings. The zero-order chi connectivity index (χ0) is 21.5. The highest BCUT2D eigenvalue weighted by Gasteiger charge is 2.31. The maximum Gasteiger partial charge on any atom is 0.225 e. The Morgan fingerprint density at radius 2 is 1.69 bits per heavy atom. The molecular formula is C24H45IN6O. The number of rotatable bonds is 8. The van der Waals surface area contributed by atoms with E-state index < -0.39 is 0 Å². The van der Waals surface area contributed by atoms with Crippen LogP contribution < -0.4 is 10.6 Å². The largest absolute Gasteiger partial charge is 0.357 e. The second-order valence-corrected chi connectivity index (χ2v) is 10.1. The molecule has 2 saturated carbocycles. The van der Waals surface area contributed by atoms with Crippen molar-refractivity contribution in [3.05, 3.63) is 0 Å². The van der Waals surface area contributed by atoms with Crippen molar-refractivity contribution in [1.29, 1.82) is 0 Å². The SMILES string of the molecule is CCNC(=NCCN1CCN(C(=O)C2CCC2)CC1)NC1CCN(CC2CCCC2)C1.I. The monoisotopic (exact) mass is 560 g/mol. The number of halogens is 1. The number of amides is 1. The Morgan fingerprint density at radius 3 is 2.34 bits per heavy atom. The van der Waals surface area contributed by atoms with Gasteiger partial charge in [-0.2, -0.15) is 0 Å². The molecule has 7 nitrogen and oxygen atoms in total. The topological polar surface area (TPSA) is 63.2 Å². The van der Waals surface area contributed by atoms with E-state index in [1.165, 1.54) is 51.6 Å². The van der Waals surface area contributed by atoms with Gasteiger partial charge in [0.15, 0.2) is 5.96 Å². The fraction of sp³-hybridized carbons (Fsp3) is 0.917. The Hall–Kier alpha value is -0.610. The minimum Gasteiger partial charge on any atom is -0.357 e. The van der Waals surface area contributed by atoms with Crippen LogP contribution in [-0.4, -0.2) is 98.1 Å². The van der Waals surface area contributed by atoms with E-state index in [9.17, 15) is 4.79 Å². The maximum atomic E-state index is 12.4. The highest BCUT2D eigenvalue weighted by molar-refractivity contribution is 14.0. The van der Waals surface area contributed by atoms with E-state index in [-0.39, 0.29) is 24.0 Å². The zero-order valence-corrected chi connectivity index (χ0v) is 22.4. The highest BCUT2D eigenvalue weighted by atomic mass is 127. The first-order valence-electron chi connectivity index (χ1n) is 13.0. The molecule has 0 radical (unpaired) electrons. The van der Waals surface area contributed by atoms with Gasteiger partial charge < -0.3 is 20.4 Å². The molecular weight excluding hydrogens is 515 g/mol. The van der Waals surface area contributed by atoms with E-state index in [0.717, 1.165) is 77.1 Å². The Morgan fingerprint density at radius 1 is 0.938 bits per heavy atom. The fourth-order valence-electron chi connectivity index (χ4n) is 5.60. The lowest BCUT2D eigenvalue weighted by Gasteiger charge is -2.38. The van der Waals surface area contributed by atoms with Crippen LogP contribution in [0.4, 0.5) is 0 Å². The molecule has 1 unspecified atom stereocenters. The van der Waals surface area contributed by atoms with Gasteiger partial charge in [0.2, 0.25) is 5.91 Å². The summed E-state index contributed by atoms with van der Waals surface area (Å²) in [6.07, 6.45) is 10.4. The number of guanidine groups is 1. The third kappa shape index (κ3) is 7.45. The van der Waals surface area contributed by atoms with Crippen molar-refractivity contribution in [3.8, 4) is 0 Å². The van der Waals surface area contributed by atoms with Crippen molar-refractivity contribution in [2.24, 2.45) is 16.8 Å². The molecule has 32 heavy (non-hydrogen) atoms. The summed E-state index contributed by atoms with van der Waals surface area (Å²) in [4.78, 5) is 24.5. The molecule has 184 valence electrons. The minimum atomic E-state index is 0. The fourth-order valence-corrected chi connectivity index (χ4v) is 5.60. The van der Waals surface area contributed by atoms with Crippen LogP contribution in [0.3, 0.4) is 0 Å². The van der Waals surface area contributed by atoms with Crippen LogP contribution in [0.15, 0.2) is 4.99 Å². The van der Waals surface area contributed by atoms with Gasteiger partial charge in [0.25, 0.3) is 0 Å². The van der Waals surface area contributed by atoms with E-state index >= 15 is 0 Å². The summed E-state index contributed by atoms with van der Waals surface area (Å²) >= 11 is 0. The summed E-state index contributed by atoms with van der Waals surface area (Å²) in [7, 11) is 0. The summed E-state index contributed by atoms with van der Waals surface area (Å²) in [6, 6.07) is 0.514. The van der Waals surface area contributed by atoms with Crippen molar-refractivity contribution in [2.75, 3.05) is 65.4 Å². The van der Waals surface area contributed by atoms with Gasteiger partial charge in [-0.3, -0.25) is 14.7 Å². The molecule has 1 atom stereocenters. The zero-order valence-electron chi connectivity index (χ0n) is 20.1. The average molecular weight is 561 g/mol. The van der Waals surface area contributed by atoms with Crippen molar-refractivity contribution >= 4 is 35.8 Å². The van der Waals surface area contributed by atoms with Gasteiger partial charge in [-0.05, 0) is 44.9 Å². The van der Waals surface area contributed by atoms with Gasteiger partial charge in [-0.1, -0.05) is 19.3 Å². The molecule has 0 aromatic heterocycles. The van der Waals surface area contributed by atoms with Gasteiger partial charge in [0.1, 0.15) is 0 Å². The van der Waals surface area contributed by atoms with Gasteiger partial charge in [0, 0.05) is 70.9 Å². The summed E-state index contributed by atoms with van der Waals surface area (Å²) in [5.41, 5.74) is 0. The summed E-state index contributed by atoms with van der Waals surface area (Å²) in [5, 5.41) is 7.11. The molecule has 0 bridgehead atoms. The summed E-state index contributed by atoms with van der Waals surface area (Å²) in [5.74, 6) is 2.63. The molecule has 4 aliphatic rings. The molecule has 0 aromatic carbocycles. The van der Waals surface area contributed by atoms with Crippen LogP contribution in [0.1, 0.15) is 58.3 Å². The van der Waals surface area contributed by atoms with Gasteiger partial charge >= 0.3 is 0 Å². The molecule has 0 spiro atoms. The molecule has 2 heterocycles. The Kier molecular flexibility index (Phi) is 10.8. The second kappa shape index (κ2) is 13.3. The van der Waals surface area contributed by atoms with Crippen LogP contribution in [0, 0.1) is 11.8 Å². The van der Waals surface area contributed by atoms with Crippen LogP contribution in [0.5, 0.6) is 0 Å². The smallest absolute Gasteiger partial charge is 0.225 e. The third-order valence-corrected chi connectivity index (χ3v) is 7.77. The number of likely N-dealkylation sites (tertiary alicyclic amines) is 1. The van der Waals surface area contributed by atoms with Crippen LogP contribution >= 0.6 is 24.0 Å². The van der Waals surface area contributed by atoms with E-state index in [4.69, 9.17) is 4.99 Å². The molecule has 2 aliphatic heterocycles. The predicted molar refractivity (Wildman–Crippen MR) is 142 cm³/mol. The number of piperazine rings is 1.